The number of nitrogens with zero attached hydrogens (tertiary/aromatic N) is 3. The van der Waals surface area contributed by atoms with Crippen LogP contribution < -0.4 is 4.90 Å². The zero-order valence-electron chi connectivity index (χ0n) is 16.4. The summed E-state index contributed by atoms with van der Waals surface area (Å²) in [6.45, 7) is 3.59. The average molecular weight is 364 g/mol. The summed E-state index contributed by atoms with van der Waals surface area (Å²) in [5.74, 6) is 0.160. The number of benzene rings is 2. The molecule has 0 spiro atoms. The Morgan fingerprint density at radius 3 is 2.33 bits per heavy atom. The van der Waals surface area contributed by atoms with Crippen molar-refractivity contribution in [3.8, 4) is 0 Å². The molecule has 0 aromatic heterocycles. The molecule has 4 heteroatoms. The van der Waals surface area contributed by atoms with Gasteiger partial charge in [0.2, 0.25) is 0 Å². The largest absolute Gasteiger partial charge is 0.377 e. The van der Waals surface area contributed by atoms with Gasteiger partial charge >= 0.3 is 0 Å². The molecule has 2 aromatic rings. The van der Waals surface area contributed by atoms with Crippen molar-refractivity contribution in [1.82, 2.24) is 9.80 Å². The van der Waals surface area contributed by atoms with Crippen LogP contribution in [0.25, 0.3) is 0 Å². The van der Waals surface area contributed by atoms with Crippen LogP contribution in [-0.2, 0) is 12.8 Å². The molecule has 1 fully saturated rings. The lowest BCUT2D eigenvalue weighted by Gasteiger charge is -2.41. The minimum absolute atomic E-state index is 0.160. The molecule has 0 radical (unpaired) electrons. The standard InChI is InChI=1S/C23H29N3O/c1-24(2)22-10-6-5-9-21(22)23(27)26-15-13-25(14-16-26)20-12-11-18-7-3-4-8-19(18)17-20/h3-10,20H,11-17H2,1-2H3. The molecule has 0 saturated carbocycles. The van der Waals surface area contributed by atoms with Crippen LogP contribution in [-0.4, -0.2) is 62.0 Å². The van der Waals surface area contributed by atoms with E-state index in [4.69, 9.17) is 0 Å². The van der Waals surface area contributed by atoms with Crippen LogP contribution in [0, 0.1) is 0 Å². The maximum atomic E-state index is 13.1. The van der Waals surface area contributed by atoms with Crippen LogP contribution in [0.2, 0.25) is 0 Å². The van der Waals surface area contributed by atoms with Crippen molar-refractivity contribution in [3.63, 3.8) is 0 Å². The maximum Gasteiger partial charge on any atom is 0.256 e. The summed E-state index contributed by atoms with van der Waals surface area (Å²) in [4.78, 5) is 19.7. The quantitative estimate of drug-likeness (QED) is 0.839. The van der Waals surface area contributed by atoms with Gasteiger partial charge in [0, 0.05) is 52.0 Å². The van der Waals surface area contributed by atoms with Crippen molar-refractivity contribution in [2.75, 3.05) is 45.2 Å². The second-order valence-corrected chi connectivity index (χ2v) is 7.91. The van der Waals surface area contributed by atoms with E-state index in [2.05, 4.69) is 29.2 Å². The molecule has 1 heterocycles. The minimum atomic E-state index is 0.160. The molecule has 4 rings (SSSR count). The molecule has 4 nitrogen and oxygen atoms in total. The number of anilines is 1. The third-order valence-electron chi connectivity index (χ3n) is 6.05. The molecule has 2 aliphatic rings. The van der Waals surface area contributed by atoms with E-state index in [1.165, 1.54) is 24.0 Å². The summed E-state index contributed by atoms with van der Waals surface area (Å²) in [5.41, 5.74) is 4.83. The van der Waals surface area contributed by atoms with Crippen LogP contribution in [0.5, 0.6) is 0 Å². The zero-order chi connectivity index (χ0) is 18.8. The maximum absolute atomic E-state index is 13.1. The third kappa shape index (κ3) is 3.72. The Bertz CT molecular complexity index is 809. The van der Waals surface area contributed by atoms with E-state index < -0.39 is 0 Å². The summed E-state index contributed by atoms with van der Waals surface area (Å²) in [6.07, 6.45) is 3.55. The number of carbonyl (C=O) groups is 1. The number of rotatable bonds is 3. The van der Waals surface area contributed by atoms with E-state index >= 15 is 0 Å². The normalized spacial score (nSPS) is 20.2. The van der Waals surface area contributed by atoms with Crippen LogP contribution in [0.15, 0.2) is 48.5 Å². The lowest BCUT2D eigenvalue weighted by Crippen LogP contribution is -2.53. The van der Waals surface area contributed by atoms with Gasteiger partial charge in [-0.05, 0) is 42.5 Å². The Morgan fingerprint density at radius 2 is 1.59 bits per heavy atom. The molecule has 1 amide bonds. The van der Waals surface area contributed by atoms with Crippen molar-refractivity contribution in [1.29, 1.82) is 0 Å². The van der Waals surface area contributed by atoms with Gasteiger partial charge in [0.15, 0.2) is 0 Å². The van der Waals surface area contributed by atoms with Crippen molar-refractivity contribution in [2.45, 2.75) is 25.3 Å². The number of aryl methyl sites for hydroxylation is 1. The molecule has 0 N–H and O–H groups in total. The monoisotopic (exact) mass is 363 g/mol. The molecule has 0 bridgehead atoms. The summed E-state index contributed by atoms with van der Waals surface area (Å²) >= 11 is 0. The Morgan fingerprint density at radius 1 is 0.926 bits per heavy atom. The Hall–Kier alpha value is -2.33. The van der Waals surface area contributed by atoms with Gasteiger partial charge in [0.1, 0.15) is 0 Å². The first kappa shape index (κ1) is 18.1. The van der Waals surface area contributed by atoms with Crippen LogP contribution in [0.1, 0.15) is 27.9 Å². The fourth-order valence-electron chi connectivity index (χ4n) is 4.50. The first-order chi connectivity index (χ1) is 13.1. The van der Waals surface area contributed by atoms with Crippen LogP contribution in [0.3, 0.4) is 0 Å². The van der Waals surface area contributed by atoms with Crippen molar-refractivity contribution in [3.05, 3.63) is 65.2 Å². The Balaban J connectivity index is 1.39. The first-order valence-corrected chi connectivity index (χ1v) is 10.00. The van der Waals surface area contributed by atoms with Crippen LogP contribution in [0.4, 0.5) is 5.69 Å². The third-order valence-corrected chi connectivity index (χ3v) is 6.05. The van der Waals surface area contributed by atoms with Gasteiger partial charge in [-0.1, -0.05) is 36.4 Å². The predicted octanol–water partition coefficient (Wildman–Crippen LogP) is 3.07. The number of hydrogen-bond donors (Lipinski definition) is 0. The number of fused-ring (bicyclic) bond motifs is 1. The number of carbonyl (C=O) groups excluding carboxylic acids is 1. The molecule has 1 unspecified atom stereocenters. The highest BCUT2D eigenvalue weighted by atomic mass is 16.2. The smallest absolute Gasteiger partial charge is 0.256 e. The number of amides is 1. The van der Waals surface area contributed by atoms with E-state index in [-0.39, 0.29) is 5.91 Å². The topological polar surface area (TPSA) is 26.8 Å². The highest BCUT2D eigenvalue weighted by molar-refractivity contribution is 5.99. The van der Waals surface area contributed by atoms with E-state index in [0.29, 0.717) is 6.04 Å². The van der Waals surface area contributed by atoms with Crippen molar-refractivity contribution < 1.29 is 4.79 Å². The number of piperazine rings is 1. The van der Waals surface area contributed by atoms with E-state index in [1.807, 2.05) is 48.2 Å². The van der Waals surface area contributed by atoms with Gasteiger partial charge in [-0.2, -0.15) is 0 Å². The number of para-hydroxylation sites is 1. The zero-order valence-corrected chi connectivity index (χ0v) is 16.4. The van der Waals surface area contributed by atoms with Gasteiger partial charge < -0.3 is 9.80 Å². The molecule has 1 atom stereocenters. The van der Waals surface area contributed by atoms with Crippen molar-refractivity contribution >= 4 is 11.6 Å². The fourth-order valence-corrected chi connectivity index (χ4v) is 4.50. The second kappa shape index (κ2) is 7.73. The first-order valence-electron chi connectivity index (χ1n) is 10.00. The highest BCUT2D eigenvalue weighted by Gasteiger charge is 2.29. The average Bonchev–Trinajstić information content (AvgIpc) is 2.73. The Kier molecular flexibility index (Phi) is 5.17. The molecule has 1 aliphatic carbocycles. The minimum Gasteiger partial charge on any atom is -0.377 e. The molecular weight excluding hydrogens is 334 g/mol. The molecule has 1 aliphatic heterocycles. The van der Waals surface area contributed by atoms with Gasteiger partial charge in [-0.25, -0.2) is 0 Å². The fraction of sp³-hybridized carbons (Fsp3) is 0.435. The van der Waals surface area contributed by atoms with Gasteiger partial charge in [-0.15, -0.1) is 0 Å². The van der Waals surface area contributed by atoms with E-state index in [1.54, 1.807) is 0 Å². The summed E-state index contributed by atoms with van der Waals surface area (Å²) in [5, 5.41) is 0. The van der Waals surface area contributed by atoms with Gasteiger partial charge in [0.25, 0.3) is 5.91 Å². The van der Waals surface area contributed by atoms with Gasteiger partial charge in [-0.3, -0.25) is 9.69 Å². The van der Waals surface area contributed by atoms with Crippen LogP contribution >= 0.6 is 0 Å². The molecule has 27 heavy (non-hydrogen) atoms. The highest BCUT2D eigenvalue weighted by Crippen LogP contribution is 2.26. The van der Waals surface area contributed by atoms with Crippen molar-refractivity contribution in [2.24, 2.45) is 0 Å². The number of hydrogen-bond acceptors (Lipinski definition) is 3. The SMILES string of the molecule is CN(C)c1ccccc1C(=O)N1CCN(C2CCc3ccccc3C2)CC1. The lowest BCUT2D eigenvalue weighted by molar-refractivity contribution is 0.0553. The predicted molar refractivity (Wildman–Crippen MR) is 111 cm³/mol. The van der Waals surface area contributed by atoms with E-state index in [0.717, 1.165) is 43.9 Å². The molecule has 2 aromatic carbocycles. The molecule has 142 valence electrons. The Labute approximate surface area is 162 Å². The molecular formula is C23H29N3O. The van der Waals surface area contributed by atoms with Gasteiger partial charge in [0.05, 0.1) is 5.56 Å². The summed E-state index contributed by atoms with van der Waals surface area (Å²) in [7, 11) is 3.98. The van der Waals surface area contributed by atoms with E-state index in [9.17, 15) is 4.79 Å². The second-order valence-electron chi connectivity index (χ2n) is 7.91. The summed E-state index contributed by atoms with van der Waals surface area (Å²) < 4.78 is 0. The summed E-state index contributed by atoms with van der Waals surface area (Å²) in [6, 6.07) is 17.4. The molecule has 1 saturated heterocycles. The lowest BCUT2D eigenvalue weighted by atomic mass is 9.87.